The Morgan fingerprint density at radius 1 is 1.00 bits per heavy atom. The average Bonchev–Trinajstić information content (AvgIpc) is 2.06. The zero-order valence-corrected chi connectivity index (χ0v) is 9.97. The van der Waals surface area contributed by atoms with Crippen molar-refractivity contribution in [2.24, 2.45) is 5.73 Å². The van der Waals surface area contributed by atoms with E-state index in [9.17, 15) is 0 Å². The number of halogens is 3. The molecular formula is C7H18Cl3N3. The molecule has 0 saturated carbocycles. The second-order valence-electron chi connectivity index (χ2n) is 3.23. The number of hydrogen-bond acceptors (Lipinski definition) is 3. The summed E-state index contributed by atoms with van der Waals surface area (Å²) in [5, 5.41) is 0. The van der Waals surface area contributed by atoms with E-state index in [-0.39, 0.29) is 37.2 Å². The molecule has 0 aliphatic carbocycles. The Hall–Kier alpha value is 0.750. The van der Waals surface area contributed by atoms with Gasteiger partial charge in [-0.2, -0.15) is 0 Å². The monoisotopic (exact) mass is 249 g/mol. The van der Waals surface area contributed by atoms with Gasteiger partial charge >= 0.3 is 0 Å². The van der Waals surface area contributed by atoms with Crippen LogP contribution in [0.25, 0.3) is 0 Å². The van der Waals surface area contributed by atoms with Crippen LogP contribution in [0.5, 0.6) is 0 Å². The average molecular weight is 251 g/mol. The van der Waals surface area contributed by atoms with Gasteiger partial charge < -0.3 is 5.73 Å². The molecule has 3 fully saturated rings. The van der Waals surface area contributed by atoms with E-state index in [1.165, 1.54) is 32.7 Å². The molecule has 3 heterocycles. The standard InChI is InChI=1S/C7H15N3.3ClH/c8-5-7-6-9-1-3-10(7)4-2-9;;;/h7H,1-6,8H2;3*1H. The van der Waals surface area contributed by atoms with Gasteiger partial charge in [-0.05, 0) is 0 Å². The van der Waals surface area contributed by atoms with Gasteiger partial charge in [-0.15, -0.1) is 37.2 Å². The number of piperazine rings is 3. The first-order valence-corrected chi connectivity index (χ1v) is 4.06. The molecule has 2 N–H and O–H groups in total. The summed E-state index contributed by atoms with van der Waals surface area (Å²) in [7, 11) is 0. The van der Waals surface area contributed by atoms with Gasteiger partial charge in [0, 0.05) is 45.3 Å². The molecule has 0 aromatic rings. The van der Waals surface area contributed by atoms with Crippen LogP contribution in [0.2, 0.25) is 0 Å². The van der Waals surface area contributed by atoms with Gasteiger partial charge in [-0.25, -0.2) is 0 Å². The molecule has 3 aliphatic rings. The molecule has 2 bridgehead atoms. The van der Waals surface area contributed by atoms with Crippen molar-refractivity contribution in [3.05, 3.63) is 0 Å². The second kappa shape index (κ2) is 7.10. The lowest BCUT2D eigenvalue weighted by Gasteiger charge is -2.47. The summed E-state index contributed by atoms with van der Waals surface area (Å²) >= 11 is 0. The van der Waals surface area contributed by atoms with Crippen LogP contribution in [0.4, 0.5) is 0 Å². The lowest BCUT2D eigenvalue weighted by molar-refractivity contribution is 0.0172. The normalized spacial score (nSPS) is 35.3. The number of nitrogens with zero attached hydrogens (tertiary/aromatic N) is 2. The smallest absolute Gasteiger partial charge is 0.0346 e. The van der Waals surface area contributed by atoms with E-state index in [2.05, 4.69) is 9.80 Å². The first kappa shape index (κ1) is 16.2. The zero-order chi connectivity index (χ0) is 6.97. The molecule has 3 saturated heterocycles. The Morgan fingerprint density at radius 2 is 1.54 bits per heavy atom. The van der Waals surface area contributed by atoms with Gasteiger partial charge in [0.15, 0.2) is 0 Å². The molecule has 0 spiro atoms. The molecule has 1 atom stereocenters. The molecule has 6 heteroatoms. The zero-order valence-electron chi connectivity index (χ0n) is 7.52. The molecule has 0 aromatic heterocycles. The minimum atomic E-state index is 0. The second-order valence-corrected chi connectivity index (χ2v) is 3.23. The van der Waals surface area contributed by atoms with Crippen LogP contribution < -0.4 is 5.73 Å². The van der Waals surface area contributed by atoms with Gasteiger partial charge in [0.05, 0.1) is 0 Å². The summed E-state index contributed by atoms with van der Waals surface area (Å²) in [6, 6.07) is 0.655. The number of fused-ring (bicyclic) bond motifs is 3. The van der Waals surface area contributed by atoms with Crippen molar-refractivity contribution in [2.45, 2.75) is 6.04 Å². The van der Waals surface area contributed by atoms with Crippen LogP contribution in [-0.4, -0.2) is 55.1 Å². The molecule has 3 rings (SSSR count). The maximum atomic E-state index is 5.62. The van der Waals surface area contributed by atoms with E-state index in [0.717, 1.165) is 6.54 Å². The highest BCUT2D eigenvalue weighted by Gasteiger charge is 2.30. The lowest BCUT2D eigenvalue weighted by atomic mass is 10.1. The van der Waals surface area contributed by atoms with Crippen molar-refractivity contribution in [1.82, 2.24) is 9.80 Å². The van der Waals surface area contributed by atoms with Gasteiger partial charge in [0.2, 0.25) is 0 Å². The fourth-order valence-corrected chi connectivity index (χ4v) is 1.95. The van der Waals surface area contributed by atoms with Crippen LogP contribution in [0.1, 0.15) is 0 Å². The first-order valence-electron chi connectivity index (χ1n) is 4.06. The van der Waals surface area contributed by atoms with E-state index >= 15 is 0 Å². The predicted octanol–water partition coefficient (Wildman–Crippen LogP) is 0.210. The molecule has 13 heavy (non-hydrogen) atoms. The summed E-state index contributed by atoms with van der Waals surface area (Å²) in [5.41, 5.74) is 5.62. The molecule has 0 amide bonds. The minimum Gasteiger partial charge on any atom is -0.329 e. The Bertz CT molecular complexity index is 128. The maximum Gasteiger partial charge on any atom is 0.0346 e. The third kappa shape index (κ3) is 3.42. The van der Waals surface area contributed by atoms with Gasteiger partial charge in [-0.1, -0.05) is 0 Å². The topological polar surface area (TPSA) is 32.5 Å². The third-order valence-corrected chi connectivity index (χ3v) is 2.66. The Morgan fingerprint density at radius 3 is 1.77 bits per heavy atom. The minimum absolute atomic E-state index is 0. The predicted molar refractivity (Wildman–Crippen MR) is 62.6 cm³/mol. The van der Waals surface area contributed by atoms with Gasteiger partial charge in [0.25, 0.3) is 0 Å². The fourth-order valence-electron chi connectivity index (χ4n) is 1.95. The van der Waals surface area contributed by atoms with Gasteiger partial charge in [0.1, 0.15) is 0 Å². The quantitative estimate of drug-likeness (QED) is 0.722. The lowest BCUT2D eigenvalue weighted by Crippen LogP contribution is -2.62. The number of hydrogen-bond donors (Lipinski definition) is 1. The summed E-state index contributed by atoms with van der Waals surface area (Å²) < 4.78 is 0. The molecule has 0 aromatic carbocycles. The van der Waals surface area contributed by atoms with E-state index in [4.69, 9.17) is 5.73 Å². The highest BCUT2D eigenvalue weighted by molar-refractivity contribution is 5.86. The first-order chi connectivity index (χ1) is 4.90. The third-order valence-electron chi connectivity index (χ3n) is 2.66. The van der Waals surface area contributed by atoms with E-state index in [0.29, 0.717) is 6.04 Å². The number of rotatable bonds is 1. The van der Waals surface area contributed by atoms with Crippen molar-refractivity contribution in [3.8, 4) is 0 Å². The summed E-state index contributed by atoms with van der Waals surface area (Å²) in [5.74, 6) is 0. The van der Waals surface area contributed by atoms with Crippen LogP contribution >= 0.6 is 37.2 Å². The largest absolute Gasteiger partial charge is 0.329 e. The van der Waals surface area contributed by atoms with E-state index < -0.39 is 0 Å². The highest BCUT2D eigenvalue weighted by Crippen LogP contribution is 2.13. The number of nitrogens with two attached hydrogens (primary N) is 1. The van der Waals surface area contributed by atoms with Crippen LogP contribution in [-0.2, 0) is 0 Å². The van der Waals surface area contributed by atoms with E-state index in [1.807, 2.05) is 0 Å². The van der Waals surface area contributed by atoms with E-state index in [1.54, 1.807) is 0 Å². The molecule has 3 aliphatic heterocycles. The fraction of sp³-hybridized carbons (Fsp3) is 1.00. The summed E-state index contributed by atoms with van der Waals surface area (Å²) in [4.78, 5) is 5.03. The van der Waals surface area contributed by atoms with Crippen LogP contribution in [0.3, 0.4) is 0 Å². The van der Waals surface area contributed by atoms with Crippen LogP contribution in [0.15, 0.2) is 0 Å². The molecule has 82 valence electrons. The van der Waals surface area contributed by atoms with Crippen molar-refractivity contribution in [1.29, 1.82) is 0 Å². The van der Waals surface area contributed by atoms with Crippen molar-refractivity contribution in [3.63, 3.8) is 0 Å². The highest BCUT2D eigenvalue weighted by atomic mass is 35.5. The van der Waals surface area contributed by atoms with Crippen molar-refractivity contribution >= 4 is 37.2 Å². The van der Waals surface area contributed by atoms with Crippen molar-refractivity contribution < 1.29 is 0 Å². The Kier molecular flexibility index (Phi) is 8.84. The molecule has 0 radical (unpaired) electrons. The summed E-state index contributed by atoms with van der Waals surface area (Å²) in [6.45, 7) is 7.03. The van der Waals surface area contributed by atoms with Crippen molar-refractivity contribution in [2.75, 3.05) is 39.3 Å². The SMILES string of the molecule is Cl.Cl.Cl.NCC1CN2CCN1CC2. The Labute approximate surface area is 98.2 Å². The van der Waals surface area contributed by atoms with Crippen LogP contribution in [0, 0.1) is 0 Å². The molecule has 3 nitrogen and oxygen atoms in total. The Balaban J connectivity index is 0. The van der Waals surface area contributed by atoms with Gasteiger partial charge in [-0.3, -0.25) is 9.80 Å². The molecular weight excluding hydrogens is 232 g/mol. The molecule has 1 unspecified atom stereocenters. The maximum absolute atomic E-state index is 5.62. The summed E-state index contributed by atoms with van der Waals surface area (Å²) in [6.07, 6.45) is 0.